The van der Waals surface area contributed by atoms with Gasteiger partial charge in [-0.25, -0.2) is 10.6 Å². The quantitative estimate of drug-likeness (QED) is 0.298. The minimum atomic E-state index is -0.505. The molecule has 4 N–H and O–H groups in total. The highest BCUT2D eigenvalue weighted by atomic mass is 16.3. The van der Waals surface area contributed by atoms with Crippen molar-refractivity contribution >= 4 is 11.9 Å². The van der Waals surface area contributed by atoms with Crippen LogP contribution in [0.25, 0.3) is 0 Å². The first-order valence-corrected chi connectivity index (χ1v) is 2.64. The Hall–Kier alpha value is -1.49. The maximum atomic E-state index is 10.5. The molecule has 1 rings (SSSR count). The number of furan rings is 1. The number of rotatable bonds is 1. The Bertz CT molecular complexity index is 207. The molecule has 0 radical (unpaired) electrons. The van der Waals surface area contributed by atoms with Crippen molar-refractivity contribution in [2.24, 2.45) is 5.84 Å². The van der Waals surface area contributed by atoms with Gasteiger partial charge in [-0.3, -0.25) is 10.7 Å². The first kappa shape index (κ1) is 6.63. The number of anilines is 1. The molecular weight excluding hydrogens is 134 g/mol. The van der Waals surface area contributed by atoms with E-state index in [9.17, 15) is 4.79 Å². The summed E-state index contributed by atoms with van der Waals surface area (Å²) in [7, 11) is 0. The van der Waals surface area contributed by atoms with Gasteiger partial charge in [0.25, 0.3) is 0 Å². The minimum absolute atomic E-state index is 0.364. The molecule has 1 aromatic heterocycles. The van der Waals surface area contributed by atoms with Crippen LogP contribution in [-0.4, -0.2) is 6.03 Å². The molecule has 5 heteroatoms. The average molecular weight is 141 g/mol. The normalized spacial score (nSPS) is 8.90. The molecule has 0 aliphatic rings. The van der Waals surface area contributed by atoms with Crippen LogP contribution in [-0.2, 0) is 0 Å². The fourth-order valence-electron chi connectivity index (χ4n) is 0.498. The van der Waals surface area contributed by atoms with E-state index in [0.717, 1.165) is 0 Å². The summed E-state index contributed by atoms with van der Waals surface area (Å²) in [6.45, 7) is 0. The number of carbonyl (C=O) groups excluding carboxylic acids is 1. The zero-order valence-electron chi connectivity index (χ0n) is 5.13. The number of urea groups is 1. The van der Waals surface area contributed by atoms with Crippen molar-refractivity contribution in [2.75, 3.05) is 5.32 Å². The highest BCUT2D eigenvalue weighted by Gasteiger charge is 1.98. The van der Waals surface area contributed by atoms with Gasteiger partial charge in [-0.15, -0.1) is 0 Å². The Morgan fingerprint density at radius 1 is 1.70 bits per heavy atom. The molecule has 2 amide bonds. The van der Waals surface area contributed by atoms with Crippen molar-refractivity contribution in [1.29, 1.82) is 0 Å². The van der Waals surface area contributed by atoms with Crippen molar-refractivity contribution in [3.05, 3.63) is 18.4 Å². The number of nitrogens with two attached hydrogens (primary N) is 1. The van der Waals surface area contributed by atoms with Gasteiger partial charge in [-0.1, -0.05) is 0 Å². The number of hydrogen-bond acceptors (Lipinski definition) is 3. The summed E-state index contributed by atoms with van der Waals surface area (Å²) < 4.78 is 4.78. The second kappa shape index (κ2) is 2.88. The van der Waals surface area contributed by atoms with Gasteiger partial charge in [0, 0.05) is 6.07 Å². The predicted octanol–water partition coefficient (Wildman–Crippen LogP) is 0.275. The Morgan fingerprint density at radius 3 is 3.00 bits per heavy atom. The second-order valence-corrected chi connectivity index (χ2v) is 1.58. The van der Waals surface area contributed by atoms with Crippen LogP contribution in [0.4, 0.5) is 10.7 Å². The molecule has 0 fully saturated rings. The van der Waals surface area contributed by atoms with Gasteiger partial charge in [0.15, 0.2) is 0 Å². The molecule has 0 aromatic carbocycles. The zero-order chi connectivity index (χ0) is 7.40. The molecule has 0 aliphatic heterocycles. The number of carbonyl (C=O) groups is 1. The fraction of sp³-hybridized carbons (Fsp3) is 0. The Morgan fingerprint density at radius 2 is 2.50 bits per heavy atom. The van der Waals surface area contributed by atoms with Gasteiger partial charge < -0.3 is 4.42 Å². The molecule has 5 nitrogen and oxygen atoms in total. The molecular formula is C5H7N3O2. The largest absolute Gasteiger partial charge is 0.449 e. The van der Waals surface area contributed by atoms with Crippen LogP contribution in [0.15, 0.2) is 22.8 Å². The molecule has 1 heterocycles. The molecule has 0 bridgehead atoms. The van der Waals surface area contributed by atoms with Crippen LogP contribution in [0.5, 0.6) is 0 Å². The summed E-state index contributed by atoms with van der Waals surface area (Å²) in [5.41, 5.74) is 1.89. The van der Waals surface area contributed by atoms with Crippen molar-refractivity contribution in [3.63, 3.8) is 0 Å². The van der Waals surface area contributed by atoms with Crippen molar-refractivity contribution in [2.45, 2.75) is 0 Å². The smallest absolute Gasteiger partial charge is 0.335 e. The number of hydrazine groups is 1. The lowest BCUT2D eigenvalue weighted by atomic mass is 10.6. The van der Waals surface area contributed by atoms with Gasteiger partial charge in [0.2, 0.25) is 5.88 Å². The predicted molar refractivity (Wildman–Crippen MR) is 35.0 cm³/mol. The number of nitrogens with one attached hydrogen (secondary N) is 2. The van der Waals surface area contributed by atoms with E-state index < -0.39 is 6.03 Å². The molecule has 0 saturated carbocycles. The van der Waals surface area contributed by atoms with E-state index in [4.69, 9.17) is 10.3 Å². The van der Waals surface area contributed by atoms with Crippen molar-refractivity contribution in [1.82, 2.24) is 5.43 Å². The van der Waals surface area contributed by atoms with E-state index in [0.29, 0.717) is 5.88 Å². The minimum Gasteiger partial charge on any atom is -0.449 e. The van der Waals surface area contributed by atoms with Gasteiger partial charge in [0.1, 0.15) is 0 Å². The third-order valence-electron chi connectivity index (χ3n) is 0.889. The fourth-order valence-corrected chi connectivity index (χ4v) is 0.498. The first-order chi connectivity index (χ1) is 4.83. The van der Waals surface area contributed by atoms with Gasteiger partial charge >= 0.3 is 6.03 Å². The maximum Gasteiger partial charge on any atom is 0.335 e. The first-order valence-electron chi connectivity index (χ1n) is 2.64. The van der Waals surface area contributed by atoms with Gasteiger partial charge in [-0.2, -0.15) is 0 Å². The Labute approximate surface area is 57.2 Å². The third kappa shape index (κ3) is 1.49. The van der Waals surface area contributed by atoms with Crippen LogP contribution in [0.1, 0.15) is 0 Å². The summed E-state index contributed by atoms with van der Waals surface area (Å²) in [5, 5.41) is 2.33. The van der Waals surface area contributed by atoms with Crippen LogP contribution in [0, 0.1) is 0 Å². The lowest BCUT2D eigenvalue weighted by Crippen LogP contribution is -2.34. The summed E-state index contributed by atoms with van der Waals surface area (Å²) in [6, 6.07) is 2.76. The standard InChI is InChI=1S/C5H7N3O2/c6-8-5(9)7-4-2-1-3-10-4/h1-3H,6H2,(H2,7,8,9). The number of hydrogen-bond donors (Lipinski definition) is 3. The van der Waals surface area contributed by atoms with Crippen LogP contribution < -0.4 is 16.6 Å². The van der Waals surface area contributed by atoms with Crippen LogP contribution in [0.3, 0.4) is 0 Å². The molecule has 0 spiro atoms. The SMILES string of the molecule is NNC(=O)Nc1ccco1. The Kier molecular flexibility index (Phi) is 1.91. The molecule has 0 unspecified atom stereocenters. The molecule has 0 saturated heterocycles. The summed E-state index contributed by atoms with van der Waals surface area (Å²) >= 11 is 0. The molecule has 1 aromatic rings. The highest BCUT2D eigenvalue weighted by molar-refractivity contribution is 5.87. The van der Waals surface area contributed by atoms with E-state index >= 15 is 0 Å². The van der Waals surface area contributed by atoms with Crippen molar-refractivity contribution < 1.29 is 9.21 Å². The van der Waals surface area contributed by atoms with E-state index in [-0.39, 0.29) is 0 Å². The van der Waals surface area contributed by atoms with Crippen molar-refractivity contribution in [3.8, 4) is 0 Å². The number of amides is 2. The monoisotopic (exact) mass is 141 g/mol. The maximum absolute atomic E-state index is 10.5. The topological polar surface area (TPSA) is 80.3 Å². The lowest BCUT2D eigenvalue weighted by molar-refractivity contribution is 0.252. The van der Waals surface area contributed by atoms with Crippen LogP contribution in [0.2, 0.25) is 0 Å². The van der Waals surface area contributed by atoms with E-state index in [2.05, 4.69) is 5.32 Å². The lowest BCUT2D eigenvalue weighted by Gasteiger charge is -1.97. The summed E-state index contributed by atoms with van der Waals surface area (Å²) in [5.74, 6) is 5.15. The third-order valence-corrected chi connectivity index (χ3v) is 0.889. The summed E-state index contributed by atoms with van der Waals surface area (Å²) in [4.78, 5) is 10.5. The summed E-state index contributed by atoms with van der Waals surface area (Å²) in [6.07, 6.45) is 1.45. The van der Waals surface area contributed by atoms with Gasteiger partial charge in [0.05, 0.1) is 6.26 Å². The molecule has 0 aliphatic carbocycles. The van der Waals surface area contributed by atoms with Crippen LogP contribution >= 0.6 is 0 Å². The van der Waals surface area contributed by atoms with E-state index in [1.54, 1.807) is 12.1 Å². The molecule has 10 heavy (non-hydrogen) atoms. The Balaban J connectivity index is 2.48. The average Bonchev–Trinajstić information content (AvgIpc) is 2.40. The van der Waals surface area contributed by atoms with Gasteiger partial charge in [-0.05, 0) is 6.07 Å². The molecule has 54 valence electrons. The van der Waals surface area contributed by atoms with E-state index in [1.165, 1.54) is 6.26 Å². The highest BCUT2D eigenvalue weighted by Crippen LogP contribution is 2.04. The zero-order valence-corrected chi connectivity index (χ0v) is 5.13. The van der Waals surface area contributed by atoms with E-state index in [1.807, 2.05) is 5.43 Å². The second-order valence-electron chi connectivity index (χ2n) is 1.58. The molecule has 0 atom stereocenters.